The fraction of sp³-hybridized carbons (Fsp3) is 0.637. The number of aromatic nitrogens is 5. The lowest BCUT2D eigenvalue weighted by Gasteiger charge is -2.38. The van der Waals surface area contributed by atoms with Gasteiger partial charge >= 0.3 is 0 Å². The number of nitrogens with zero attached hydrogens (tertiary/aromatic N) is 11. The van der Waals surface area contributed by atoms with Gasteiger partial charge in [-0.15, -0.1) is 0 Å². The van der Waals surface area contributed by atoms with Crippen LogP contribution < -0.4 is 68.8 Å². The largest absolute Gasteiger partial charge is 0.493 e. The Morgan fingerprint density at radius 1 is 0.304 bits per heavy atom. The quantitative estimate of drug-likeness (QED) is 0.0269. The third-order valence-electron chi connectivity index (χ3n) is 35.6. The highest BCUT2D eigenvalue weighted by Gasteiger charge is 2.47. The van der Waals surface area contributed by atoms with Gasteiger partial charge in [-0.3, -0.25) is 4.98 Å². The summed E-state index contributed by atoms with van der Waals surface area (Å²) < 4.78 is 53.8. The molecule has 4 N–H and O–H groups in total. The summed E-state index contributed by atoms with van der Waals surface area (Å²) in [7, 11) is 6.95. The summed E-state index contributed by atoms with van der Waals surface area (Å²) in [5.74, 6) is 12.1. The van der Waals surface area contributed by atoms with Gasteiger partial charge in [0.15, 0.2) is 46.0 Å². The monoisotopic (exact) mass is 2020 g/mol. The Hall–Kier alpha value is -9.85. The lowest BCUT2D eigenvalue weighted by atomic mass is 9.67. The van der Waals surface area contributed by atoms with Gasteiger partial charge in [0.1, 0.15) is 29.0 Å². The lowest BCUT2D eigenvalue weighted by Crippen LogP contribution is -2.35. The summed E-state index contributed by atoms with van der Waals surface area (Å²) >= 11 is 0. The van der Waals surface area contributed by atoms with Gasteiger partial charge in [-0.1, -0.05) is 38.5 Å². The zero-order chi connectivity index (χ0) is 102. The molecule has 6 saturated heterocycles. The minimum atomic E-state index is 0.0965. The first kappa shape index (κ1) is 105. The Labute approximate surface area is 883 Å². The van der Waals surface area contributed by atoms with Crippen molar-refractivity contribution in [2.75, 3.05) is 219 Å². The smallest absolute Gasteiger partial charge is 0.163 e. The Bertz CT molecular complexity index is 6170. The van der Waals surface area contributed by atoms with Crippen molar-refractivity contribution >= 4 is 83.5 Å². The SMILES string of the molecule is CCNc1nc2cc(OCCCN3CCCC3)c(OC)cc2c2c1CC1(CCC1)C2.CCNc1nc2cc(OCCCN3CCCC3)c(OC)cc2c2c1CC1(CCCC1)C2.CCNc1nc2cc(OCCCN3CCCC3)c(OC)cc2c2c1CC1(CCCCC1)C2.COc1cc2c3c(cnc2cc1OCCCN1CCCC1)CCC(C)(C)N3.Cc1cc2c3c(c(N4CCCC4)nc2cc1OCCCN1CCCC1)CCC3. The molecule has 3 spiro atoms. The summed E-state index contributed by atoms with van der Waals surface area (Å²) in [5.41, 5.74) is 22.2. The van der Waals surface area contributed by atoms with E-state index in [0.717, 1.165) is 219 Å². The molecule has 12 heterocycles. The molecule has 0 amide bonds. The number of pyridine rings is 5. The third kappa shape index (κ3) is 24.4. The summed E-state index contributed by atoms with van der Waals surface area (Å²) in [6.45, 7) is 39.9. The molecule has 7 aliphatic carbocycles. The van der Waals surface area contributed by atoms with E-state index >= 15 is 0 Å². The van der Waals surface area contributed by atoms with E-state index in [1.54, 1.807) is 34.0 Å². The molecule has 5 aromatic carbocycles. The first-order valence-corrected chi connectivity index (χ1v) is 58.6. The van der Waals surface area contributed by atoms with Crippen LogP contribution >= 0.6 is 0 Å². The molecule has 3 saturated carbocycles. The molecule has 24 rings (SSSR count). The minimum absolute atomic E-state index is 0.0965. The summed E-state index contributed by atoms with van der Waals surface area (Å²) in [6.07, 6.45) is 52.5. The van der Waals surface area contributed by atoms with Crippen LogP contribution in [-0.2, 0) is 57.8 Å². The zero-order valence-electron chi connectivity index (χ0n) is 91.9. The molecule has 0 unspecified atom stereocenters. The predicted octanol–water partition coefficient (Wildman–Crippen LogP) is 24.3. The summed E-state index contributed by atoms with van der Waals surface area (Å²) in [4.78, 5) is 40.2. The van der Waals surface area contributed by atoms with Gasteiger partial charge < -0.3 is 93.3 Å². The number of fused-ring (bicyclic) bond motifs is 15. The Kier molecular flexibility index (Phi) is 34.7. The number of methoxy groups -OCH3 is 4. The van der Waals surface area contributed by atoms with Crippen molar-refractivity contribution in [3.8, 4) is 51.7 Å². The van der Waals surface area contributed by atoms with Crippen LogP contribution in [0.2, 0.25) is 0 Å². The first-order valence-electron chi connectivity index (χ1n) is 58.6. The van der Waals surface area contributed by atoms with Crippen molar-refractivity contribution in [2.45, 2.75) is 304 Å². The van der Waals surface area contributed by atoms with E-state index in [9.17, 15) is 0 Å². The van der Waals surface area contributed by atoms with Crippen LogP contribution in [0.25, 0.3) is 54.5 Å². The van der Waals surface area contributed by atoms with Gasteiger partial charge in [0, 0.05) is 140 Å². The number of rotatable bonds is 36. The highest BCUT2D eigenvalue weighted by molar-refractivity contribution is 5.97. The van der Waals surface area contributed by atoms with E-state index in [1.165, 1.54) is 360 Å². The van der Waals surface area contributed by atoms with E-state index in [-0.39, 0.29) is 5.54 Å². The molecule has 24 heteroatoms. The molecule has 0 bridgehead atoms. The van der Waals surface area contributed by atoms with Crippen molar-refractivity contribution in [3.63, 3.8) is 0 Å². The highest BCUT2D eigenvalue weighted by Crippen LogP contribution is 2.57. The molecule has 0 radical (unpaired) electrons. The first-order chi connectivity index (χ1) is 72.5. The van der Waals surface area contributed by atoms with Crippen molar-refractivity contribution in [2.24, 2.45) is 16.2 Å². The maximum atomic E-state index is 6.21. The van der Waals surface area contributed by atoms with E-state index in [4.69, 9.17) is 62.6 Å². The average Bonchev–Trinajstić information content (AvgIpc) is 1.56. The maximum absolute atomic E-state index is 6.21. The van der Waals surface area contributed by atoms with Crippen LogP contribution in [0.3, 0.4) is 0 Å². The Balaban J connectivity index is 0.000000112. The van der Waals surface area contributed by atoms with Gasteiger partial charge in [-0.2, -0.15) is 0 Å². The standard InChI is InChI=1S/C27H39N3O2.C26H37N3O2.C25H35N3O2.C24H33N3O.C22H31N3O2/c1-3-28-26-22-19-27(10-5-4-6-11-27)18-21(22)20-16-24(31-2)25(17-23(20)29-26)32-15-9-14-30-12-7-8-13-30;1-3-27-25-21-18-26(9-4-5-10-26)17-20(21)19-15-23(30-2)24(16-22(19)28-25)31-14-8-13-29-11-6-7-12-29;1-3-26-24-20-17-25(8-6-9-25)16-19(20)18-14-22(29-2)23(15-21(18)27-24)30-13-7-12-28-10-4-5-11-28;1-18-16-21-19-8-6-9-20(19)24(27-13-4-5-14-27)25-22(21)17-23(18)28-15-7-12-26-10-2-3-11-26;1-22(2)8-7-16-15-23-18-14-20(19(26-3)13-17(18)21(16)24-22)27-12-6-11-25-9-4-5-10-25/h16-17H,3-15,18-19H2,1-2H3,(H,28,29);15-16H,3-14,17-18H2,1-2H3,(H,27,28);14-15H,3-13,16-17H2,1-2H3,(H,26,27);16-17H,2-15H2,1H3;13-15,24H,4-12H2,1-3H3. The molecule has 5 aromatic heterocycles. The number of benzene rings is 5. The Morgan fingerprint density at radius 2 is 0.622 bits per heavy atom. The van der Waals surface area contributed by atoms with E-state index in [2.05, 4.69) is 152 Å². The molecule has 7 aliphatic heterocycles. The number of ether oxygens (including phenoxy) is 9. The van der Waals surface area contributed by atoms with E-state index in [0.29, 0.717) is 42.7 Å². The van der Waals surface area contributed by atoms with Gasteiger partial charge in [-0.05, 0) is 428 Å². The topological polar surface area (TPSA) is 215 Å². The summed E-state index contributed by atoms with van der Waals surface area (Å²) in [5, 5.41) is 20.6. The van der Waals surface area contributed by atoms with E-state index < -0.39 is 0 Å². The van der Waals surface area contributed by atoms with Gasteiger partial charge in [0.25, 0.3) is 0 Å². The second-order valence-electron chi connectivity index (χ2n) is 46.6. The van der Waals surface area contributed by atoms with Crippen LogP contribution in [0.4, 0.5) is 29.0 Å². The van der Waals surface area contributed by atoms with Crippen molar-refractivity contribution in [1.82, 2.24) is 49.4 Å². The number of nitrogens with one attached hydrogen (secondary N) is 4. The summed E-state index contributed by atoms with van der Waals surface area (Å²) in [6, 6.07) is 21.5. The number of hydrogen-bond acceptors (Lipinski definition) is 24. The fourth-order valence-electron chi connectivity index (χ4n) is 27.6. The highest BCUT2D eigenvalue weighted by atomic mass is 16.5. The molecule has 800 valence electrons. The van der Waals surface area contributed by atoms with Crippen LogP contribution in [0.15, 0.2) is 66.9 Å². The van der Waals surface area contributed by atoms with E-state index in [1.807, 2.05) is 12.3 Å². The van der Waals surface area contributed by atoms with Crippen LogP contribution in [0.5, 0.6) is 51.7 Å². The Morgan fingerprint density at radius 3 is 0.986 bits per heavy atom. The maximum Gasteiger partial charge on any atom is 0.163 e. The van der Waals surface area contributed by atoms with Gasteiger partial charge in [-0.25, -0.2) is 19.9 Å². The molecule has 148 heavy (non-hydrogen) atoms. The van der Waals surface area contributed by atoms with Crippen molar-refractivity contribution in [1.29, 1.82) is 0 Å². The number of likely N-dealkylation sites (tertiary alicyclic amines) is 5. The number of aryl methyl sites for hydroxylation is 3. The van der Waals surface area contributed by atoms with Gasteiger partial charge in [0.2, 0.25) is 0 Å². The average molecular weight is 2020 g/mol. The lowest BCUT2D eigenvalue weighted by molar-refractivity contribution is 0.149. The second kappa shape index (κ2) is 48.8. The molecule has 24 nitrogen and oxygen atoms in total. The zero-order valence-corrected chi connectivity index (χ0v) is 91.9. The fourth-order valence-corrected chi connectivity index (χ4v) is 27.6. The predicted molar refractivity (Wildman–Crippen MR) is 606 cm³/mol. The molecular formula is C124H175N15O9. The second-order valence-corrected chi connectivity index (χ2v) is 46.6. The molecule has 0 atom stereocenters. The van der Waals surface area contributed by atoms with Crippen LogP contribution in [-0.4, -0.2) is 247 Å². The molecular weight excluding hydrogens is 1840 g/mol. The number of anilines is 5. The van der Waals surface area contributed by atoms with Gasteiger partial charge in [0.05, 0.1) is 89.1 Å². The molecule has 14 aliphatic rings. The molecule has 10 aromatic rings. The number of hydrogen-bond donors (Lipinski definition) is 4. The van der Waals surface area contributed by atoms with Crippen molar-refractivity contribution in [3.05, 3.63) is 122 Å². The third-order valence-corrected chi connectivity index (χ3v) is 35.6. The minimum Gasteiger partial charge on any atom is -0.493 e. The van der Waals surface area contributed by atoms with Crippen LogP contribution in [0.1, 0.15) is 289 Å². The van der Waals surface area contributed by atoms with Crippen LogP contribution in [0, 0.1) is 23.2 Å². The normalized spacial score (nSPS) is 19.7. The molecule has 9 fully saturated rings. The van der Waals surface area contributed by atoms with Crippen molar-refractivity contribution < 1.29 is 42.6 Å².